The molecule has 2 aromatic carbocycles. The minimum atomic E-state index is -0.124. The van der Waals surface area contributed by atoms with Gasteiger partial charge >= 0.3 is 0 Å². The molecule has 0 aliphatic rings. The maximum absolute atomic E-state index is 12.5. The molecule has 2 N–H and O–H groups in total. The second-order valence-corrected chi connectivity index (χ2v) is 4.61. The van der Waals surface area contributed by atoms with E-state index in [1.807, 2.05) is 37.3 Å². The molecule has 2 aromatic rings. The number of hydrogen-bond acceptors (Lipinski definition) is 3. The van der Waals surface area contributed by atoms with E-state index in [2.05, 4.69) is 0 Å². The molecule has 0 radical (unpaired) electrons. The molecule has 20 heavy (non-hydrogen) atoms. The Kier molecular flexibility index (Phi) is 3.94. The molecular weight excluding hydrogens is 252 g/mol. The lowest BCUT2D eigenvalue weighted by Gasteiger charge is -2.20. The molecule has 0 aliphatic heterocycles. The number of carbonyl (C=O) groups is 1. The predicted molar refractivity (Wildman–Crippen MR) is 81.3 cm³/mol. The van der Waals surface area contributed by atoms with Crippen LogP contribution in [-0.2, 0) is 0 Å². The highest BCUT2D eigenvalue weighted by atomic mass is 16.5. The average molecular weight is 270 g/mol. The largest absolute Gasteiger partial charge is 0.495 e. The standard InChI is InChI=1S/C16H18N2O2/c1-11-8-9-12(10-13(11)17)16(19)18(2)14-6-4-5-7-15(14)20-3/h4-10H,17H2,1-3H3. The number of ether oxygens (including phenoxy) is 1. The van der Waals surface area contributed by atoms with E-state index in [4.69, 9.17) is 10.5 Å². The van der Waals surface area contributed by atoms with E-state index in [0.29, 0.717) is 17.0 Å². The van der Waals surface area contributed by atoms with Gasteiger partial charge in [-0.2, -0.15) is 0 Å². The van der Waals surface area contributed by atoms with Crippen LogP contribution in [0.4, 0.5) is 11.4 Å². The summed E-state index contributed by atoms with van der Waals surface area (Å²) in [6, 6.07) is 12.7. The molecule has 0 saturated carbocycles. The Hall–Kier alpha value is -2.49. The van der Waals surface area contributed by atoms with E-state index < -0.39 is 0 Å². The van der Waals surface area contributed by atoms with Crippen LogP contribution >= 0.6 is 0 Å². The van der Waals surface area contributed by atoms with Crippen LogP contribution in [0, 0.1) is 6.92 Å². The zero-order valence-corrected chi connectivity index (χ0v) is 11.9. The van der Waals surface area contributed by atoms with Crippen LogP contribution in [0.1, 0.15) is 15.9 Å². The summed E-state index contributed by atoms with van der Waals surface area (Å²) < 4.78 is 5.28. The van der Waals surface area contributed by atoms with Crippen molar-refractivity contribution >= 4 is 17.3 Å². The highest BCUT2D eigenvalue weighted by Gasteiger charge is 2.17. The van der Waals surface area contributed by atoms with Crippen molar-refractivity contribution in [3.05, 3.63) is 53.6 Å². The van der Waals surface area contributed by atoms with E-state index in [1.165, 1.54) is 0 Å². The van der Waals surface area contributed by atoms with Crippen molar-refractivity contribution < 1.29 is 9.53 Å². The molecule has 0 unspecified atom stereocenters. The number of hydrogen-bond donors (Lipinski definition) is 1. The first kappa shape index (κ1) is 13.9. The van der Waals surface area contributed by atoms with Crippen LogP contribution in [0.15, 0.2) is 42.5 Å². The molecule has 4 heteroatoms. The highest BCUT2D eigenvalue weighted by molar-refractivity contribution is 6.07. The van der Waals surface area contributed by atoms with Gasteiger partial charge in [0.2, 0.25) is 0 Å². The van der Waals surface area contributed by atoms with Crippen LogP contribution in [0.5, 0.6) is 5.75 Å². The first-order valence-electron chi connectivity index (χ1n) is 6.31. The minimum absolute atomic E-state index is 0.124. The number of carbonyl (C=O) groups excluding carboxylic acids is 1. The van der Waals surface area contributed by atoms with Gasteiger partial charge in [-0.3, -0.25) is 4.79 Å². The van der Waals surface area contributed by atoms with Gasteiger partial charge in [0.1, 0.15) is 5.75 Å². The number of para-hydroxylation sites is 2. The Morgan fingerprint density at radius 3 is 2.55 bits per heavy atom. The third-order valence-corrected chi connectivity index (χ3v) is 3.28. The molecular formula is C16H18N2O2. The van der Waals surface area contributed by atoms with E-state index in [9.17, 15) is 4.79 Å². The smallest absolute Gasteiger partial charge is 0.258 e. The lowest BCUT2D eigenvalue weighted by atomic mass is 10.1. The number of nitrogen functional groups attached to an aromatic ring is 1. The molecule has 0 aliphatic carbocycles. The second-order valence-electron chi connectivity index (χ2n) is 4.61. The third kappa shape index (κ3) is 2.59. The predicted octanol–water partition coefficient (Wildman–Crippen LogP) is 2.86. The monoisotopic (exact) mass is 270 g/mol. The van der Waals surface area contributed by atoms with Crippen LogP contribution < -0.4 is 15.4 Å². The number of nitrogens with zero attached hydrogens (tertiary/aromatic N) is 1. The Bertz CT molecular complexity index is 638. The van der Waals surface area contributed by atoms with Crippen molar-refractivity contribution in [1.29, 1.82) is 0 Å². The van der Waals surface area contributed by atoms with E-state index in [1.54, 1.807) is 31.2 Å². The van der Waals surface area contributed by atoms with Gasteiger partial charge in [0.25, 0.3) is 5.91 Å². The van der Waals surface area contributed by atoms with Gasteiger partial charge in [0, 0.05) is 18.3 Å². The maximum atomic E-state index is 12.5. The average Bonchev–Trinajstić information content (AvgIpc) is 2.48. The Morgan fingerprint density at radius 2 is 1.90 bits per heavy atom. The number of aryl methyl sites for hydroxylation is 1. The Labute approximate surface area is 118 Å². The molecule has 0 saturated heterocycles. The molecule has 0 spiro atoms. The maximum Gasteiger partial charge on any atom is 0.258 e. The van der Waals surface area contributed by atoms with Gasteiger partial charge in [0.05, 0.1) is 12.8 Å². The van der Waals surface area contributed by atoms with Crippen LogP contribution in [0.25, 0.3) is 0 Å². The van der Waals surface area contributed by atoms with Crippen LogP contribution in [0.2, 0.25) is 0 Å². The third-order valence-electron chi connectivity index (χ3n) is 3.28. The van der Waals surface area contributed by atoms with Gasteiger partial charge in [0.15, 0.2) is 0 Å². The van der Waals surface area contributed by atoms with Crippen LogP contribution in [-0.4, -0.2) is 20.1 Å². The van der Waals surface area contributed by atoms with Crippen molar-refractivity contribution in [3.63, 3.8) is 0 Å². The lowest BCUT2D eigenvalue weighted by molar-refractivity contribution is 0.0992. The van der Waals surface area contributed by atoms with Crippen molar-refractivity contribution in [2.45, 2.75) is 6.92 Å². The lowest BCUT2D eigenvalue weighted by Crippen LogP contribution is -2.26. The zero-order valence-electron chi connectivity index (χ0n) is 11.9. The topological polar surface area (TPSA) is 55.6 Å². The normalized spacial score (nSPS) is 10.2. The van der Waals surface area contributed by atoms with Gasteiger partial charge in [-0.25, -0.2) is 0 Å². The van der Waals surface area contributed by atoms with Crippen molar-refractivity contribution in [2.75, 3.05) is 24.8 Å². The quantitative estimate of drug-likeness (QED) is 0.872. The Balaban J connectivity index is 2.34. The SMILES string of the molecule is COc1ccccc1N(C)C(=O)c1ccc(C)c(N)c1. The van der Waals surface area contributed by atoms with E-state index in [0.717, 1.165) is 11.3 Å². The summed E-state index contributed by atoms with van der Waals surface area (Å²) >= 11 is 0. The summed E-state index contributed by atoms with van der Waals surface area (Å²) in [5.41, 5.74) is 8.71. The zero-order chi connectivity index (χ0) is 14.7. The van der Waals surface area contributed by atoms with Crippen LogP contribution in [0.3, 0.4) is 0 Å². The Morgan fingerprint density at radius 1 is 1.20 bits per heavy atom. The number of rotatable bonds is 3. The summed E-state index contributed by atoms with van der Waals surface area (Å²) in [6.45, 7) is 1.91. The highest BCUT2D eigenvalue weighted by Crippen LogP contribution is 2.28. The number of amides is 1. The number of nitrogens with two attached hydrogens (primary N) is 1. The molecule has 4 nitrogen and oxygen atoms in total. The fourth-order valence-corrected chi connectivity index (χ4v) is 1.98. The van der Waals surface area contributed by atoms with Gasteiger partial charge < -0.3 is 15.4 Å². The van der Waals surface area contributed by atoms with Gasteiger partial charge in [-0.05, 0) is 36.8 Å². The fraction of sp³-hybridized carbons (Fsp3) is 0.188. The molecule has 0 heterocycles. The summed E-state index contributed by atoms with van der Waals surface area (Å²) in [7, 11) is 3.30. The van der Waals surface area contributed by atoms with E-state index >= 15 is 0 Å². The molecule has 2 rings (SSSR count). The van der Waals surface area contributed by atoms with Crippen molar-refractivity contribution in [3.8, 4) is 5.75 Å². The van der Waals surface area contributed by atoms with Gasteiger partial charge in [-0.1, -0.05) is 18.2 Å². The molecule has 0 bridgehead atoms. The summed E-state index contributed by atoms with van der Waals surface area (Å²) in [6.07, 6.45) is 0. The minimum Gasteiger partial charge on any atom is -0.495 e. The van der Waals surface area contributed by atoms with E-state index in [-0.39, 0.29) is 5.91 Å². The first-order chi connectivity index (χ1) is 9.54. The second kappa shape index (κ2) is 5.65. The molecule has 0 atom stereocenters. The number of methoxy groups -OCH3 is 1. The summed E-state index contributed by atoms with van der Waals surface area (Å²) in [4.78, 5) is 14.1. The van der Waals surface area contributed by atoms with Crippen molar-refractivity contribution in [2.24, 2.45) is 0 Å². The van der Waals surface area contributed by atoms with Gasteiger partial charge in [-0.15, -0.1) is 0 Å². The molecule has 0 aromatic heterocycles. The fourth-order valence-electron chi connectivity index (χ4n) is 1.98. The molecule has 0 fully saturated rings. The summed E-state index contributed by atoms with van der Waals surface area (Å²) in [5.74, 6) is 0.532. The number of benzene rings is 2. The van der Waals surface area contributed by atoms with Crippen molar-refractivity contribution in [1.82, 2.24) is 0 Å². The number of anilines is 2. The summed E-state index contributed by atoms with van der Waals surface area (Å²) in [5, 5.41) is 0. The molecule has 104 valence electrons. The first-order valence-corrected chi connectivity index (χ1v) is 6.31. The molecule has 1 amide bonds.